The van der Waals surface area contributed by atoms with Crippen LogP contribution in [0.1, 0.15) is 18.1 Å². The Labute approximate surface area is 120 Å². The first-order valence-corrected chi connectivity index (χ1v) is 7.13. The monoisotopic (exact) mass is 315 g/mol. The number of benzene rings is 2. The quantitative estimate of drug-likeness (QED) is 0.655. The Morgan fingerprint density at radius 2 is 2.00 bits per heavy atom. The molecule has 0 unspecified atom stereocenters. The molecule has 3 heteroatoms. The number of fused-ring (bicyclic) bond motifs is 1. The van der Waals surface area contributed by atoms with Crippen molar-refractivity contribution in [3.05, 3.63) is 52.0 Å². The van der Waals surface area contributed by atoms with E-state index in [1.54, 1.807) is 0 Å². The van der Waals surface area contributed by atoms with Gasteiger partial charge in [-0.05, 0) is 58.6 Å². The fourth-order valence-electron chi connectivity index (χ4n) is 2.18. The number of aryl methyl sites for hydroxylation is 2. The first kappa shape index (κ1) is 12.4. The second kappa shape index (κ2) is 4.82. The predicted molar refractivity (Wildman–Crippen MR) is 81.3 cm³/mol. The Kier molecular flexibility index (Phi) is 3.15. The van der Waals surface area contributed by atoms with E-state index in [-0.39, 0.29) is 0 Å². The maximum absolute atomic E-state index is 5.91. The van der Waals surface area contributed by atoms with Gasteiger partial charge in [-0.2, -0.15) is 0 Å². The molecular weight excluding hydrogens is 302 g/mol. The minimum Gasteiger partial charge on any atom is -0.435 e. The van der Waals surface area contributed by atoms with Gasteiger partial charge >= 0.3 is 0 Å². The largest absolute Gasteiger partial charge is 0.435 e. The maximum Gasteiger partial charge on any atom is 0.227 e. The highest BCUT2D eigenvalue weighted by atomic mass is 79.9. The average molecular weight is 316 g/mol. The Hall–Kier alpha value is -1.61. The number of oxazole rings is 1. The van der Waals surface area contributed by atoms with Gasteiger partial charge in [0.1, 0.15) is 5.52 Å². The summed E-state index contributed by atoms with van der Waals surface area (Å²) in [5.74, 6) is 0.682. The van der Waals surface area contributed by atoms with Crippen LogP contribution in [0.2, 0.25) is 0 Å². The van der Waals surface area contributed by atoms with Crippen molar-refractivity contribution in [3.8, 4) is 11.5 Å². The minimum atomic E-state index is 0.682. The summed E-state index contributed by atoms with van der Waals surface area (Å²) < 4.78 is 6.87. The Morgan fingerprint density at radius 1 is 1.21 bits per heavy atom. The minimum absolute atomic E-state index is 0.682. The molecule has 19 heavy (non-hydrogen) atoms. The van der Waals surface area contributed by atoms with E-state index in [9.17, 15) is 0 Å². The van der Waals surface area contributed by atoms with Crippen molar-refractivity contribution in [2.75, 3.05) is 0 Å². The van der Waals surface area contributed by atoms with E-state index in [4.69, 9.17) is 4.42 Å². The van der Waals surface area contributed by atoms with Gasteiger partial charge in [0.05, 0.1) is 4.47 Å². The fraction of sp³-hybridized carbons (Fsp3) is 0.188. The van der Waals surface area contributed by atoms with Crippen molar-refractivity contribution in [3.63, 3.8) is 0 Å². The molecule has 0 aliphatic rings. The summed E-state index contributed by atoms with van der Waals surface area (Å²) in [6, 6.07) is 12.3. The molecule has 2 aromatic carbocycles. The summed E-state index contributed by atoms with van der Waals surface area (Å²) in [4.78, 5) is 4.62. The lowest BCUT2D eigenvalue weighted by Gasteiger charge is -1.99. The molecule has 0 aliphatic heterocycles. The van der Waals surface area contributed by atoms with E-state index >= 15 is 0 Å². The van der Waals surface area contributed by atoms with Gasteiger partial charge in [0.15, 0.2) is 5.58 Å². The maximum atomic E-state index is 5.91. The van der Waals surface area contributed by atoms with Crippen molar-refractivity contribution in [2.24, 2.45) is 0 Å². The number of rotatable bonds is 2. The average Bonchev–Trinajstić information content (AvgIpc) is 2.83. The molecular formula is C16H14BrNO. The summed E-state index contributed by atoms with van der Waals surface area (Å²) in [6.45, 7) is 4.20. The van der Waals surface area contributed by atoms with E-state index in [0.29, 0.717) is 5.89 Å². The Bertz CT molecular complexity index is 746. The van der Waals surface area contributed by atoms with Crippen LogP contribution in [0.25, 0.3) is 22.6 Å². The molecule has 1 heterocycles. The van der Waals surface area contributed by atoms with Crippen LogP contribution in [0.15, 0.2) is 45.3 Å². The van der Waals surface area contributed by atoms with Gasteiger partial charge in [0, 0.05) is 5.56 Å². The molecule has 0 bridgehead atoms. The second-order valence-corrected chi connectivity index (χ2v) is 5.47. The van der Waals surface area contributed by atoms with Crippen LogP contribution in [0.4, 0.5) is 0 Å². The van der Waals surface area contributed by atoms with Gasteiger partial charge in [-0.15, -0.1) is 0 Å². The first-order chi connectivity index (χ1) is 9.19. The van der Waals surface area contributed by atoms with Crippen molar-refractivity contribution in [1.82, 2.24) is 4.98 Å². The van der Waals surface area contributed by atoms with Crippen LogP contribution in [0, 0.1) is 6.92 Å². The van der Waals surface area contributed by atoms with Crippen LogP contribution < -0.4 is 0 Å². The molecule has 0 spiro atoms. The third-order valence-corrected chi connectivity index (χ3v) is 3.88. The molecule has 0 N–H and O–H groups in total. The molecule has 0 radical (unpaired) electrons. The molecule has 0 amide bonds. The molecule has 96 valence electrons. The van der Waals surface area contributed by atoms with Gasteiger partial charge in [0.2, 0.25) is 5.89 Å². The van der Waals surface area contributed by atoms with Gasteiger partial charge < -0.3 is 4.42 Å². The highest BCUT2D eigenvalue weighted by Crippen LogP contribution is 2.31. The van der Waals surface area contributed by atoms with Crippen LogP contribution in [-0.4, -0.2) is 4.98 Å². The standard InChI is InChI=1S/C16H14BrNO/c1-3-11-8-13(17)15-14(9-11)18-16(19-15)12-7-5-4-6-10(12)2/h4-9H,3H2,1-2H3. The third-order valence-electron chi connectivity index (χ3n) is 3.29. The number of aromatic nitrogens is 1. The summed E-state index contributed by atoms with van der Waals surface area (Å²) in [5, 5.41) is 0. The van der Waals surface area contributed by atoms with E-state index in [0.717, 1.165) is 27.6 Å². The zero-order chi connectivity index (χ0) is 13.4. The SMILES string of the molecule is CCc1cc(Br)c2oc(-c3ccccc3C)nc2c1. The molecule has 3 rings (SSSR count). The van der Waals surface area contributed by atoms with Crippen LogP contribution in [0.5, 0.6) is 0 Å². The lowest BCUT2D eigenvalue weighted by molar-refractivity contribution is 0.617. The molecule has 0 fully saturated rings. The first-order valence-electron chi connectivity index (χ1n) is 6.34. The molecule has 0 saturated carbocycles. The molecule has 2 nitrogen and oxygen atoms in total. The number of hydrogen-bond acceptors (Lipinski definition) is 2. The topological polar surface area (TPSA) is 26.0 Å². The Morgan fingerprint density at radius 3 is 2.74 bits per heavy atom. The molecule has 0 saturated heterocycles. The van der Waals surface area contributed by atoms with Crippen molar-refractivity contribution in [2.45, 2.75) is 20.3 Å². The summed E-state index contributed by atoms with van der Waals surface area (Å²) in [7, 11) is 0. The zero-order valence-corrected chi connectivity index (χ0v) is 12.5. The summed E-state index contributed by atoms with van der Waals surface area (Å²) in [5.41, 5.74) is 5.19. The number of halogens is 1. The van der Waals surface area contributed by atoms with Gasteiger partial charge in [-0.1, -0.05) is 25.1 Å². The molecule has 3 aromatic rings. The predicted octanol–water partition coefficient (Wildman–Crippen LogP) is 5.13. The van der Waals surface area contributed by atoms with Crippen molar-refractivity contribution in [1.29, 1.82) is 0 Å². The molecule has 0 aliphatic carbocycles. The van der Waals surface area contributed by atoms with Gasteiger partial charge in [-0.25, -0.2) is 4.98 Å². The van der Waals surface area contributed by atoms with E-state index < -0.39 is 0 Å². The highest BCUT2D eigenvalue weighted by molar-refractivity contribution is 9.10. The zero-order valence-electron chi connectivity index (χ0n) is 10.9. The summed E-state index contributed by atoms with van der Waals surface area (Å²) >= 11 is 3.56. The molecule has 1 aromatic heterocycles. The fourth-order valence-corrected chi connectivity index (χ4v) is 2.76. The summed E-state index contributed by atoms with van der Waals surface area (Å²) in [6.07, 6.45) is 0.987. The second-order valence-electron chi connectivity index (χ2n) is 4.61. The van der Waals surface area contributed by atoms with E-state index in [1.165, 1.54) is 11.1 Å². The van der Waals surface area contributed by atoms with Crippen LogP contribution in [-0.2, 0) is 6.42 Å². The highest BCUT2D eigenvalue weighted by Gasteiger charge is 2.13. The van der Waals surface area contributed by atoms with Gasteiger partial charge in [-0.3, -0.25) is 0 Å². The van der Waals surface area contributed by atoms with Crippen molar-refractivity contribution >= 4 is 27.0 Å². The normalized spacial score (nSPS) is 11.1. The lowest BCUT2D eigenvalue weighted by atomic mass is 10.1. The molecule has 0 atom stereocenters. The van der Waals surface area contributed by atoms with E-state index in [2.05, 4.69) is 53.0 Å². The lowest BCUT2D eigenvalue weighted by Crippen LogP contribution is -1.82. The van der Waals surface area contributed by atoms with Gasteiger partial charge in [0.25, 0.3) is 0 Å². The third kappa shape index (κ3) is 2.19. The Balaban J connectivity index is 2.22. The van der Waals surface area contributed by atoms with E-state index in [1.807, 2.05) is 18.2 Å². The van der Waals surface area contributed by atoms with Crippen molar-refractivity contribution < 1.29 is 4.42 Å². The number of nitrogens with zero attached hydrogens (tertiary/aromatic N) is 1. The number of hydrogen-bond donors (Lipinski definition) is 0. The smallest absolute Gasteiger partial charge is 0.227 e. The van der Waals surface area contributed by atoms with Crippen LogP contribution >= 0.6 is 15.9 Å². The van der Waals surface area contributed by atoms with Crippen LogP contribution in [0.3, 0.4) is 0 Å².